The van der Waals surface area contributed by atoms with Crippen molar-refractivity contribution in [2.75, 3.05) is 0 Å². The Morgan fingerprint density at radius 3 is 2.50 bits per heavy atom. The number of nitrogens with zero attached hydrogens (tertiary/aromatic N) is 4. The standard InChI is InChI=1S/C12H16ClF3N4/c1-4-8-10-11(19(3)18-8)20(9(6-13)17-10)7(2)5-12(14,15)16/h7H,4-6H2,1-3H3. The van der Waals surface area contributed by atoms with Gasteiger partial charge in [-0.1, -0.05) is 6.92 Å². The van der Waals surface area contributed by atoms with Crippen molar-refractivity contribution in [3.63, 3.8) is 0 Å². The monoisotopic (exact) mass is 308 g/mol. The first kappa shape index (κ1) is 15.2. The van der Waals surface area contributed by atoms with Crippen LogP contribution in [0.3, 0.4) is 0 Å². The first-order valence-electron chi connectivity index (χ1n) is 6.33. The number of aromatic nitrogens is 4. The molecule has 2 rings (SSSR count). The van der Waals surface area contributed by atoms with Crippen LogP contribution in [-0.4, -0.2) is 25.5 Å². The summed E-state index contributed by atoms with van der Waals surface area (Å²) < 4.78 is 41.0. The predicted molar refractivity (Wildman–Crippen MR) is 70.8 cm³/mol. The number of hydrogen-bond acceptors (Lipinski definition) is 2. The Morgan fingerprint density at radius 2 is 2.00 bits per heavy atom. The molecule has 20 heavy (non-hydrogen) atoms. The zero-order valence-corrected chi connectivity index (χ0v) is 12.3. The molecule has 0 N–H and O–H groups in total. The van der Waals surface area contributed by atoms with Crippen LogP contribution in [0.4, 0.5) is 13.2 Å². The van der Waals surface area contributed by atoms with E-state index in [1.165, 1.54) is 6.92 Å². The number of rotatable bonds is 4. The van der Waals surface area contributed by atoms with Crippen molar-refractivity contribution < 1.29 is 13.2 Å². The Balaban J connectivity index is 2.58. The summed E-state index contributed by atoms with van der Waals surface area (Å²) in [5, 5.41) is 4.29. The molecule has 0 amide bonds. The Labute approximate surface area is 119 Å². The highest BCUT2D eigenvalue weighted by atomic mass is 35.5. The molecule has 0 spiro atoms. The van der Waals surface area contributed by atoms with Crippen LogP contribution in [-0.2, 0) is 19.3 Å². The Kier molecular flexibility index (Phi) is 4.00. The lowest BCUT2D eigenvalue weighted by Gasteiger charge is -2.18. The van der Waals surface area contributed by atoms with Crippen molar-refractivity contribution >= 4 is 22.8 Å². The van der Waals surface area contributed by atoms with E-state index in [4.69, 9.17) is 11.6 Å². The lowest BCUT2D eigenvalue weighted by atomic mass is 10.2. The number of halogens is 4. The third kappa shape index (κ3) is 2.63. The van der Waals surface area contributed by atoms with Crippen molar-refractivity contribution in [2.45, 2.75) is 44.8 Å². The normalized spacial score (nSPS) is 14.2. The van der Waals surface area contributed by atoms with Crippen molar-refractivity contribution in [3.8, 4) is 0 Å². The molecule has 0 bridgehead atoms. The number of imidazole rings is 1. The van der Waals surface area contributed by atoms with Crippen LogP contribution in [0.2, 0.25) is 0 Å². The van der Waals surface area contributed by atoms with Crippen LogP contribution in [0, 0.1) is 0 Å². The Morgan fingerprint density at radius 1 is 1.35 bits per heavy atom. The van der Waals surface area contributed by atoms with Gasteiger partial charge in [-0.15, -0.1) is 11.6 Å². The van der Waals surface area contributed by atoms with E-state index in [1.54, 1.807) is 16.3 Å². The maximum Gasteiger partial charge on any atom is 0.391 e. The summed E-state index contributed by atoms with van der Waals surface area (Å²) in [5.41, 5.74) is 2.00. The Hall–Kier alpha value is -1.24. The van der Waals surface area contributed by atoms with Gasteiger partial charge in [0.15, 0.2) is 5.65 Å². The quantitative estimate of drug-likeness (QED) is 0.809. The lowest BCUT2D eigenvalue weighted by Crippen LogP contribution is -2.19. The molecule has 1 unspecified atom stereocenters. The first-order chi connectivity index (χ1) is 9.28. The van der Waals surface area contributed by atoms with Gasteiger partial charge in [0, 0.05) is 13.1 Å². The highest BCUT2D eigenvalue weighted by molar-refractivity contribution is 6.16. The number of hydrogen-bond donors (Lipinski definition) is 0. The molecule has 2 aromatic rings. The van der Waals surface area contributed by atoms with E-state index >= 15 is 0 Å². The fraction of sp³-hybridized carbons (Fsp3) is 0.667. The highest BCUT2D eigenvalue weighted by Crippen LogP contribution is 2.32. The minimum atomic E-state index is -4.23. The van der Waals surface area contributed by atoms with Gasteiger partial charge in [-0.25, -0.2) is 4.98 Å². The lowest BCUT2D eigenvalue weighted by molar-refractivity contribution is -0.141. The van der Waals surface area contributed by atoms with E-state index in [2.05, 4.69) is 10.1 Å². The zero-order chi connectivity index (χ0) is 15.1. The molecular weight excluding hydrogens is 293 g/mol. The van der Waals surface area contributed by atoms with Crippen molar-refractivity contribution in [2.24, 2.45) is 7.05 Å². The maximum absolute atomic E-state index is 12.6. The summed E-state index contributed by atoms with van der Waals surface area (Å²) in [7, 11) is 1.71. The molecule has 4 nitrogen and oxygen atoms in total. The zero-order valence-electron chi connectivity index (χ0n) is 11.5. The second kappa shape index (κ2) is 5.27. The predicted octanol–water partition coefficient (Wildman–Crippen LogP) is 3.58. The van der Waals surface area contributed by atoms with Gasteiger partial charge in [-0.3, -0.25) is 4.68 Å². The molecular formula is C12H16ClF3N4. The summed E-state index contributed by atoms with van der Waals surface area (Å²) >= 11 is 5.83. The number of alkyl halides is 4. The first-order valence-corrected chi connectivity index (χ1v) is 6.87. The largest absolute Gasteiger partial charge is 0.391 e. The van der Waals surface area contributed by atoms with Crippen molar-refractivity contribution in [3.05, 3.63) is 11.5 Å². The van der Waals surface area contributed by atoms with E-state index in [0.29, 0.717) is 23.4 Å². The smallest absolute Gasteiger partial charge is 0.309 e. The minimum Gasteiger partial charge on any atom is -0.309 e. The fourth-order valence-corrected chi connectivity index (χ4v) is 2.66. The molecule has 0 aromatic carbocycles. The molecule has 2 heterocycles. The molecule has 2 aromatic heterocycles. The van der Waals surface area contributed by atoms with Gasteiger partial charge in [-0.2, -0.15) is 18.3 Å². The molecule has 0 aliphatic rings. The molecule has 0 aliphatic carbocycles. The highest BCUT2D eigenvalue weighted by Gasteiger charge is 2.33. The minimum absolute atomic E-state index is 0.0695. The number of fused-ring (bicyclic) bond motifs is 1. The fourth-order valence-electron chi connectivity index (χ4n) is 2.47. The van der Waals surface area contributed by atoms with Crippen LogP contribution in [0.5, 0.6) is 0 Å². The molecule has 8 heteroatoms. The van der Waals surface area contributed by atoms with Crippen molar-refractivity contribution in [1.29, 1.82) is 0 Å². The van der Waals surface area contributed by atoms with Gasteiger partial charge in [0.2, 0.25) is 0 Å². The molecule has 0 saturated carbocycles. The van der Waals surface area contributed by atoms with Crippen LogP contribution >= 0.6 is 11.6 Å². The summed E-state index contributed by atoms with van der Waals surface area (Å²) in [6.07, 6.45) is -4.48. The van der Waals surface area contributed by atoms with Gasteiger partial charge in [0.1, 0.15) is 11.3 Å². The summed E-state index contributed by atoms with van der Waals surface area (Å²) in [5.74, 6) is 0.515. The Bertz CT molecular complexity index is 614. The van der Waals surface area contributed by atoms with E-state index in [1.807, 2.05) is 6.92 Å². The molecule has 0 saturated heterocycles. The van der Waals surface area contributed by atoms with Crippen molar-refractivity contribution in [1.82, 2.24) is 19.3 Å². The molecule has 112 valence electrons. The number of aryl methyl sites for hydroxylation is 2. The molecule has 0 fully saturated rings. The van der Waals surface area contributed by atoms with E-state index in [9.17, 15) is 13.2 Å². The molecule has 1 atom stereocenters. The van der Waals surface area contributed by atoms with Gasteiger partial charge in [0.25, 0.3) is 0 Å². The average Bonchev–Trinajstić information content (AvgIpc) is 2.84. The second-order valence-electron chi connectivity index (χ2n) is 4.80. The van der Waals surface area contributed by atoms with Crippen LogP contribution in [0.1, 0.15) is 37.8 Å². The van der Waals surface area contributed by atoms with Gasteiger partial charge in [0.05, 0.1) is 18.0 Å². The second-order valence-corrected chi connectivity index (χ2v) is 5.06. The maximum atomic E-state index is 12.6. The van der Waals surface area contributed by atoms with Crippen LogP contribution in [0.25, 0.3) is 11.2 Å². The SMILES string of the molecule is CCc1nn(C)c2c1nc(CCl)n2C(C)CC(F)(F)F. The van der Waals surface area contributed by atoms with E-state index < -0.39 is 18.6 Å². The summed E-state index contributed by atoms with van der Waals surface area (Å²) in [4.78, 5) is 4.35. The van der Waals surface area contributed by atoms with E-state index in [0.717, 1.165) is 5.69 Å². The van der Waals surface area contributed by atoms with Gasteiger partial charge >= 0.3 is 6.18 Å². The van der Waals surface area contributed by atoms with Crippen LogP contribution < -0.4 is 0 Å². The van der Waals surface area contributed by atoms with E-state index in [-0.39, 0.29) is 5.88 Å². The summed E-state index contributed by atoms with van der Waals surface area (Å²) in [6, 6.07) is -0.770. The average molecular weight is 309 g/mol. The molecule has 0 aliphatic heterocycles. The van der Waals surface area contributed by atoms with Gasteiger partial charge in [-0.05, 0) is 13.3 Å². The van der Waals surface area contributed by atoms with Crippen LogP contribution in [0.15, 0.2) is 0 Å². The van der Waals surface area contributed by atoms with Gasteiger partial charge < -0.3 is 4.57 Å². The summed E-state index contributed by atoms with van der Waals surface area (Å²) in [6.45, 7) is 3.45. The third-order valence-corrected chi connectivity index (χ3v) is 3.47. The third-order valence-electron chi connectivity index (χ3n) is 3.23. The molecule has 0 radical (unpaired) electrons. The topological polar surface area (TPSA) is 35.6 Å².